The molecule has 0 fully saturated rings. The summed E-state index contributed by atoms with van der Waals surface area (Å²) in [6.07, 6.45) is 1.41. The van der Waals surface area contributed by atoms with Gasteiger partial charge in [-0.1, -0.05) is 12.1 Å². The van der Waals surface area contributed by atoms with Crippen LogP contribution in [0.15, 0.2) is 40.2 Å². The fraction of sp³-hybridized carbons (Fsp3) is 0.100. The number of thiazole rings is 1. The van der Waals surface area contributed by atoms with Crippen molar-refractivity contribution in [3.05, 3.63) is 51.5 Å². The monoisotopic (exact) mass is 284 g/mol. The molecule has 0 amide bonds. The summed E-state index contributed by atoms with van der Waals surface area (Å²) >= 11 is 1.03. The Morgan fingerprint density at radius 2 is 2.17 bits per heavy atom. The van der Waals surface area contributed by atoms with Gasteiger partial charge >= 0.3 is 0 Å². The largest absolute Gasteiger partial charge is 0.269 e. The lowest BCUT2D eigenvalue weighted by Crippen LogP contribution is -2.04. The summed E-state index contributed by atoms with van der Waals surface area (Å²) in [4.78, 5) is 13.8. The smallest absolute Gasteiger partial charge is 0.258 e. The lowest BCUT2D eigenvalue weighted by molar-refractivity contribution is -0.384. The van der Waals surface area contributed by atoms with E-state index in [9.17, 15) is 18.5 Å². The second-order valence-corrected chi connectivity index (χ2v) is 6.54. The van der Waals surface area contributed by atoms with Gasteiger partial charge < -0.3 is 0 Å². The maximum absolute atomic E-state index is 11.9. The molecule has 0 bridgehead atoms. The van der Waals surface area contributed by atoms with Crippen molar-refractivity contribution in [3.63, 3.8) is 0 Å². The van der Waals surface area contributed by atoms with Crippen LogP contribution in [0.5, 0.6) is 0 Å². The Bertz CT molecular complexity index is 665. The molecule has 0 aliphatic heterocycles. The molecule has 8 heteroatoms. The zero-order valence-electron chi connectivity index (χ0n) is 9.02. The highest BCUT2D eigenvalue weighted by Gasteiger charge is 2.19. The maximum atomic E-state index is 11.9. The molecule has 6 nitrogen and oxygen atoms in total. The summed E-state index contributed by atoms with van der Waals surface area (Å²) in [7, 11) is -3.53. The average Bonchev–Trinajstić information content (AvgIpc) is 2.82. The van der Waals surface area contributed by atoms with Crippen LogP contribution < -0.4 is 0 Å². The van der Waals surface area contributed by atoms with Gasteiger partial charge in [-0.25, -0.2) is 13.4 Å². The van der Waals surface area contributed by atoms with Gasteiger partial charge in [-0.05, 0) is 5.56 Å². The van der Waals surface area contributed by atoms with Crippen molar-refractivity contribution in [2.45, 2.75) is 10.1 Å². The van der Waals surface area contributed by atoms with E-state index >= 15 is 0 Å². The minimum absolute atomic E-state index is 0.0222. The van der Waals surface area contributed by atoms with Crippen molar-refractivity contribution in [2.75, 3.05) is 0 Å². The molecule has 1 aromatic heterocycles. The molecular formula is C10H8N2O4S2. The van der Waals surface area contributed by atoms with E-state index in [1.807, 2.05) is 0 Å². The third kappa shape index (κ3) is 2.71. The van der Waals surface area contributed by atoms with Gasteiger partial charge in [-0.15, -0.1) is 11.3 Å². The molecule has 2 aromatic rings. The third-order valence-corrected chi connectivity index (χ3v) is 5.12. The highest BCUT2D eigenvalue weighted by Crippen LogP contribution is 2.20. The van der Waals surface area contributed by atoms with Crippen LogP contribution >= 0.6 is 11.3 Å². The minimum atomic E-state index is -3.53. The van der Waals surface area contributed by atoms with Crippen LogP contribution in [0.3, 0.4) is 0 Å². The number of non-ortho nitro benzene ring substituents is 1. The number of benzene rings is 1. The topological polar surface area (TPSA) is 90.2 Å². The van der Waals surface area contributed by atoms with Crippen molar-refractivity contribution in [1.29, 1.82) is 0 Å². The van der Waals surface area contributed by atoms with Crippen molar-refractivity contribution >= 4 is 26.9 Å². The Morgan fingerprint density at radius 1 is 1.39 bits per heavy atom. The minimum Gasteiger partial charge on any atom is -0.258 e. The van der Waals surface area contributed by atoms with E-state index in [0.29, 0.717) is 5.56 Å². The van der Waals surface area contributed by atoms with Gasteiger partial charge in [0.1, 0.15) is 0 Å². The molecule has 0 saturated heterocycles. The van der Waals surface area contributed by atoms with E-state index in [4.69, 9.17) is 0 Å². The van der Waals surface area contributed by atoms with Crippen LogP contribution in [0.4, 0.5) is 5.69 Å². The van der Waals surface area contributed by atoms with Crippen LogP contribution in [-0.2, 0) is 15.6 Å². The zero-order chi connectivity index (χ0) is 13.2. The standard InChI is InChI=1S/C10H8N2O4S2/c13-12(14)9-3-1-2-8(6-9)7-18(15,16)10-11-4-5-17-10/h1-6H,7H2. The Kier molecular flexibility index (Phi) is 3.39. The quantitative estimate of drug-likeness (QED) is 0.633. The van der Waals surface area contributed by atoms with Crippen molar-refractivity contribution in [1.82, 2.24) is 4.98 Å². The van der Waals surface area contributed by atoms with Crippen molar-refractivity contribution < 1.29 is 13.3 Å². The number of nitrogens with zero attached hydrogens (tertiary/aromatic N) is 2. The Balaban J connectivity index is 2.30. The van der Waals surface area contributed by atoms with E-state index in [0.717, 1.165) is 11.3 Å². The predicted octanol–water partition coefficient (Wildman–Crippen LogP) is 2.03. The van der Waals surface area contributed by atoms with Crippen molar-refractivity contribution in [2.24, 2.45) is 0 Å². The molecule has 0 aliphatic rings. The number of rotatable bonds is 4. The SMILES string of the molecule is O=[N+]([O-])c1cccc(CS(=O)(=O)c2nccs2)c1. The van der Waals surface area contributed by atoms with Gasteiger partial charge in [0.2, 0.25) is 14.2 Å². The number of aromatic nitrogens is 1. The fourth-order valence-corrected chi connectivity index (χ4v) is 3.66. The number of nitro benzene ring substituents is 1. The summed E-state index contributed by atoms with van der Waals surface area (Å²) < 4.78 is 23.9. The van der Waals surface area contributed by atoms with Gasteiger partial charge in [0, 0.05) is 23.7 Å². The van der Waals surface area contributed by atoms with Gasteiger partial charge in [0.05, 0.1) is 10.7 Å². The first-order valence-corrected chi connectivity index (χ1v) is 7.38. The van der Waals surface area contributed by atoms with E-state index in [1.165, 1.54) is 30.5 Å². The molecule has 1 aromatic carbocycles. The summed E-state index contributed by atoms with van der Waals surface area (Å²) in [5, 5.41) is 12.2. The number of nitro groups is 1. The average molecular weight is 284 g/mol. The van der Waals surface area contributed by atoms with Crippen molar-refractivity contribution in [3.8, 4) is 0 Å². The van der Waals surface area contributed by atoms with Gasteiger partial charge in [0.15, 0.2) is 0 Å². The summed E-state index contributed by atoms with van der Waals surface area (Å²) in [5.41, 5.74) is 0.251. The molecule has 0 N–H and O–H groups in total. The molecule has 0 unspecified atom stereocenters. The second-order valence-electron chi connectivity index (χ2n) is 3.48. The number of sulfone groups is 1. The molecule has 1 heterocycles. The predicted molar refractivity (Wildman–Crippen MR) is 66.1 cm³/mol. The summed E-state index contributed by atoms with van der Waals surface area (Å²) in [5.74, 6) is -0.289. The molecule has 94 valence electrons. The highest BCUT2D eigenvalue weighted by molar-refractivity contribution is 7.92. The Morgan fingerprint density at radius 3 is 2.78 bits per heavy atom. The van der Waals surface area contributed by atoms with E-state index < -0.39 is 14.8 Å². The lowest BCUT2D eigenvalue weighted by atomic mass is 10.2. The zero-order valence-corrected chi connectivity index (χ0v) is 10.6. The number of hydrogen-bond acceptors (Lipinski definition) is 6. The highest BCUT2D eigenvalue weighted by atomic mass is 32.2. The fourth-order valence-electron chi connectivity index (χ4n) is 1.40. The molecule has 0 spiro atoms. The molecular weight excluding hydrogens is 276 g/mol. The normalized spacial score (nSPS) is 11.3. The molecule has 0 atom stereocenters. The molecule has 0 saturated carbocycles. The molecule has 0 aliphatic carbocycles. The molecule has 2 rings (SSSR count). The van der Waals surface area contributed by atoms with Gasteiger partial charge in [-0.2, -0.15) is 0 Å². The van der Waals surface area contributed by atoms with Crippen LogP contribution in [0.1, 0.15) is 5.56 Å². The van der Waals surface area contributed by atoms with Gasteiger partial charge in [0.25, 0.3) is 5.69 Å². The maximum Gasteiger partial charge on any atom is 0.269 e. The van der Waals surface area contributed by atoms with Crippen LogP contribution in [0, 0.1) is 10.1 Å². The van der Waals surface area contributed by atoms with E-state index in [-0.39, 0.29) is 15.8 Å². The van der Waals surface area contributed by atoms with E-state index in [2.05, 4.69) is 4.98 Å². The van der Waals surface area contributed by atoms with Crippen LogP contribution in [0.25, 0.3) is 0 Å². The molecule has 0 radical (unpaired) electrons. The lowest BCUT2D eigenvalue weighted by Gasteiger charge is -2.01. The molecule has 18 heavy (non-hydrogen) atoms. The van der Waals surface area contributed by atoms with Crippen LogP contribution in [0.2, 0.25) is 0 Å². The summed E-state index contributed by atoms with van der Waals surface area (Å²) in [6.45, 7) is 0. The first kappa shape index (κ1) is 12.7. The number of hydrogen-bond donors (Lipinski definition) is 0. The Hall–Kier alpha value is -1.80. The summed E-state index contributed by atoms with van der Waals surface area (Å²) in [6, 6.07) is 5.58. The van der Waals surface area contributed by atoms with E-state index in [1.54, 1.807) is 5.38 Å². The Labute approximate surface area is 107 Å². The first-order valence-electron chi connectivity index (χ1n) is 4.84. The first-order chi connectivity index (χ1) is 8.49. The second kappa shape index (κ2) is 4.83. The van der Waals surface area contributed by atoms with Gasteiger partial charge in [-0.3, -0.25) is 10.1 Å². The van der Waals surface area contributed by atoms with Crippen LogP contribution in [-0.4, -0.2) is 18.3 Å². The third-order valence-electron chi connectivity index (χ3n) is 2.15.